The van der Waals surface area contributed by atoms with Gasteiger partial charge in [0.2, 0.25) is 0 Å². The summed E-state index contributed by atoms with van der Waals surface area (Å²) in [5.41, 5.74) is 5.03. The van der Waals surface area contributed by atoms with Crippen LogP contribution in [-0.4, -0.2) is 25.0 Å². The predicted octanol–water partition coefficient (Wildman–Crippen LogP) is 3.62. The number of benzene rings is 2. The fourth-order valence-electron chi connectivity index (χ4n) is 4.71. The van der Waals surface area contributed by atoms with Gasteiger partial charge in [-0.25, -0.2) is 0 Å². The second kappa shape index (κ2) is 7.60. The van der Waals surface area contributed by atoms with Gasteiger partial charge in [-0.15, -0.1) is 0 Å². The van der Waals surface area contributed by atoms with E-state index in [1.807, 2.05) is 6.07 Å². The number of rotatable bonds is 2. The van der Waals surface area contributed by atoms with Gasteiger partial charge in [0.15, 0.2) is 0 Å². The highest BCUT2D eigenvalue weighted by Crippen LogP contribution is 2.43. The van der Waals surface area contributed by atoms with Gasteiger partial charge in [0.25, 0.3) is 5.79 Å². The van der Waals surface area contributed by atoms with Crippen LogP contribution in [0.1, 0.15) is 47.6 Å². The average molecular weight is 427 g/mol. The Bertz CT molecular complexity index is 1000. The summed E-state index contributed by atoms with van der Waals surface area (Å²) in [6.45, 7) is 0.866. The number of halogens is 1. The fourth-order valence-corrected chi connectivity index (χ4v) is 4.94. The zero-order chi connectivity index (χ0) is 20.7. The first-order chi connectivity index (χ1) is 14.6. The number of ether oxygens (including phenoxy) is 2. The van der Waals surface area contributed by atoms with Gasteiger partial charge in [-0.3, -0.25) is 9.59 Å². The zero-order valence-electron chi connectivity index (χ0n) is 16.5. The Morgan fingerprint density at radius 3 is 2.57 bits per heavy atom. The van der Waals surface area contributed by atoms with Crippen molar-refractivity contribution < 1.29 is 19.1 Å². The molecular formula is C23H23ClN2O4. The monoisotopic (exact) mass is 426 g/mol. The molecule has 0 saturated carbocycles. The summed E-state index contributed by atoms with van der Waals surface area (Å²) >= 11 is 6.64. The zero-order valence-corrected chi connectivity index (χ0v) is 17.3. The number of fused-ring (bicyclic) bond motifs is 3. The number of nitrogens with one attached hydrogen (secondary N) is 2. The van der Waals surface area contributed by atoms with Crippen molar-refractivity contribution in [2.24, 2.45) is 0 Å². The molecule has 1 fully saturated rings. The van der Waals surface area contributed by atoms with E-state index < -0.39 is 17.7 Å². The Morgan fingerprint density at radius 2 is 1.77 bits per heavy atom. The summed E-state index contributed by atoms with van der Waals surface area (Å²) in [6, 6.07) is 12.2. The van der Waals surface area contributed by atoms with Crippen LogP contribution in [0.4, 0.5) is 5.69 Å². The lowest BCUT2D eigenvalue weighted by molar-refractivity contribution is -0.225. The van der Waals surface area contributed by atoms with Crippen molar-refractivity contribution in [3.8, 4) is 0 Å². The lowest BCUT2D eigenvalue weighted by Crippen LogP contribution is -2.43. The summed E-state index contributed by atoms with van der Waals surface area (Å²) in [7, 11) is 0. The third kappa shape index (κ3) is 3.34. The van der Waals surface area contributed by atoms with Gasteiger partial charge in [0, 0.05) is 5.56 Å². The van der Waals surface area contributed by atoms with Gasteiger partial charge in [-0.05, 0) is 54.6 Å². The first-order valence-corrected chi connectivity index (χ1v) is 10.7. The Balaban J connectivity index is 1.58. The molecule has 2 aromatic rings. The molecule has 156 valence electrons. The van der Waals surface area contributed by atoms with Crippen molar-refractivity contribution in [3.63, 3.8) is 0 Å². The lowest BCUT2D eigenvalue weighted by Gasteiger charge is -2.32. The van der Waals surface area contributed by atoms with Crippen molar-refractivity contribution in [2.45, 2.75) is 43.9 Å². The molecule has 2 N–H and O–H groups in total. The molecule has 5 rings (SSSR count). The third-order valence-electron chi connectivity index (χ3n) is 6.12. The second-order valence-electron chi connectivity index (χ2n) is 8.01. The lowest BCUT2D eigenvalue weighted by atomic mass is 9.95. The molecule has 3 aliphatic rings. The SMILES string of the molecule is O=C1CCC(=O)OC2(CNCCc3c2ccc(Cl)c3NC2CCc3ccccc32)O1. The van der Waals surface area contributed by atoms with Crippen LogP contribution >= 0.6 is 11.6 Å². The van der Waals surface area contributed by atoms with Gasteiger partial charge in [0.05, 0.1) is 36.1 Å². The minimum Gasteiger partial charge on any atom is -0.416 e. The topological polar surface area (TPSA) is 76.7 Å². The average Bonchev–Trinajstić information content (AvgIpc) is 2.97. The van der Waals surface area contributed by atoms with Gasteiger partial charge in [-0.2, -0.15) is 0 Å². The number of hydrogen-bond donors (Lipinski definition) is 2. The minimum atomic E-state index is -1.47. The summed E-state index contributed by atoms with van der Waals surface area (Å²) in [4.78, 5) is 24.5. The van der Waals surface area contributed by atoms with Crippen molar-refractivity contribution >= 4 is 29.2 Å². The molecule has 2 aliphatic heterocycles. The van der Waals surface area contributed by atoms with E-state index in [9.17, 15) is 9.59 Å². The third-order valence-corrected chi connectivity index (χ3v) is 6.44. The molecule has 2 aromatic carbocycles. The molecule has 1 spiro atoms. The van der Waals surface area contributed by atoms with E-state index in [2.05, 4.69) is 34.9 Å². The van der Waals surface area contributed by atoms with Crippen molar-refractivity contribution in [3.05, 3.63) is 63.7 Å². The number of hydrogen-bond acceptors (Lipinski definition) is 6. The van der Waals surface area contributed by atoms with Crippen molar-refractivity contribution in [2.75, 3.05) is 18.4 Å². The summed E-state index contributed by atoms with van der Waals surface area (Å²) < 4.78 is 11.4. The molecule has 30 heavy (non-hydrogen) atoms. The molecule has 7 heteroatoms. The molecule has 0 aromatic heterocycles. The van der Waals surface area contributed by atoms with Crippen LogP contribution in [0.15, 0.2) is 36.4 Å². The van der Waals surface area contributed by atoms with E-state index >= 15 is 0 Å². The minimum absolute atomic E-state index is 0.0213. The first-order valence-electron chi connectivity index (χ1n) is 10.4. The van der Waals surface area contributed by atoms with Gasteiger partial charge >= 0.3 is 11.9 Å². The van der Waals surface area contributed by atoms with E-state index in [1.165, 1.54) is 11.1 Å². The Labute approximate surface area is 179 Å². The fraction of sp³-hybridized carbons (Fsp3) is 0.391. The van der Waals surface area contributed by atoms with E-state index in [0.29, 0.717) is 23.6 Å². The van der Waals surface area contributed by atoms with Crippen LogP contribution in [0.25, 0.3) is 0 Å². The van der Waals surface area contributed by atoms with Crippen molar-refractivity contribution in [1.29, 1.82) is 0 Å². The second-order valence-corrected chi connectivity index (χ2v) is 8.42. The number of carbonyl (C=O) groups is 2. The normalized spacial score (nSPS) is 22.4. The maximum Gasteiger partial charge on any atom is 0.309 e. The Morgan fingerprint density at radius 1 is 1.00 bits per heavy atom. The van der Waals surface area contributed by atoms with Gasteiger partial charge in [-0.1, -0.05) is 35.9 Å². The highest BCUT2D eigenvalue weighted by Gasteiger charge is 2.46. The highest BCUT2D eigenvalue weighted by atomic mass is 35.5. The molecule has 1 saturated heterocycles. The van der Waals surface area contributed by atoms with E-state index in [1.54, 1.807) is 6.07 Å². The summed E-state index contributed by atoms with van der Waals surface area (Å²) in [5, 5.41) is 7.49. The molecule has 1 unspecified atom stereocenters. The molecule has 1 atom stereocenters. The van der Waals surface area contributed by atoms with Crippen LogP contribution in [0, 0.1) is 0 Å². The first kappa shape index (κ1) is 19.4. The molecule has 6 nitrogen and oxygen atoms in total. The van der Waals surface area contributed by atoms with Gasteiger partial charge in [0.1, 0.15) is 0 Å². The van der Waals surface area contributed by atoms with Crippen LogP contribution in [-0.2, 0) is 37.7 Å². The summed E-state index contributed by atoms with van der Waals surface area (Å²) in [5.74, 6) is -2.35. The number of anilines is 1. The van der Waals surface area contributed by atoms with Crippen molar-refractivity contribution in [1.82, 2.24) is 5.32 Å². The largest absolute Gasteiger partial charge is 0.416 e. The van der Waals surface area contributed by atoms with Crippen LogP contribution in [0.5, 0.6) is 0 Å². The molecular weight excluding hydrogens is 404 g/mol. The van der Waals surface area contributed by atoms with E-state index in [4.69, 9.17) is 21.1 Å². The van der Waals surface area contributed by atoms with Gasteiger partial charge < -0.3 is 20.1 Å². The summed E-state index contributed by atoms with van der Waals surface area (Å²) in [6.07, 6.45) is 2.71. The Kier molecular flexibility index (Phi) is 4.91. The number of carbonyl (C=O) groups excluding carboxylic acids is 2. The van der Waals surface area contributed by atoms with Crippen LogP contribution < -0.4 is 10.6 Å². The molecule has 1 aliphatic carbocycles. The molecule has 0 bridgehead atoms. The predicted molar refractivity (Wildman–Crippen MR) is 112 cm³/mol. The quantitative estimate of drug-likeness (QED) is 0.714. The smallest absolute Gasteiger partial charge is 0.309 e. The maximum atomic E-state index is 12.3. The maximum absolute atomic E-state index is 12.3. The molecule has 2 heterocycles. The Hall–Kier alpha value is -2.57. The van der Waals surface area contributed by atoms with E-state index in [-0.39, 0.29) is 25.4 Å². The standard InChI is InChI=1S/C23H23ClN2O4/c24-18-7-6-17-16(22(18)26-19-8-5-14-3-1-2-4-15(14)19)11-12-25-13-23(17)29-20(27)9-10-21(28)30-23/h1-4,6-7,19,25-26H,5,8-13H2. The number of esters is 2. The molecule has 0 radical (unpaired) electrons. The van der Waals surface area contributed by atoms with Crippen LogP contribution in [0.3, 0.4) is 0 Å². The van der Waals surface area contributed by atoms with E-state index in [0.717, 1.165) is 24.1 Å². The highest BCUT2D eigenvalue weighted by molar-refractivity contribution is 6.33. The van der Waals surface area contributed by atoms with Crippen LogP contribution in [0.2, 0.25) is 5.02 Å². The molecule has 0 amide bonds. The number of aryl methyl sites for hydroxylation is 1.